The number of hydrogen-bond donors (Lipinski definition) is 2. The molecular weight excluding hydrogens is 336 g/mol. The van der Waals surface area contributed by atoms with Crippen molar-refractivity contribution in [3.63, 3.8) is 0 Å². The largest absolute Gasteiger partial charge is 0.378 e. The Kier molecular flexibility index (Phi) is 5.58. The molecule has 114 valence electrons. The molecule has 0 unspecified atom stereocenters. The molecule has 1 heterocycles. The first-order chi connectivity index (χ1) is 10.1. The quantitative estimate of drug-likeness (QED) is 0.634. The highest BCUT2D eigenvalue weighted by atomic mass is 79.9. The summed E-state index contributed by atoms with van der Waals surface area (Å²) in [6.07, 6.45) is 0. The molecule has 6 nitrogen and oxygen atoms in total. The fraction of sp³-hybridized carbons (Fsp3) is 0.429. The van der Waals surface area contributed by atoms with Crippen LogP contribution in [0.2, 0.25) is 0 Å². The third-order valence-electron chi connectivity index (χ3n) is 3.19. The Morgan fingerprint density at radius 3 is 2.90 bits per heavy atom. The van der Waals surface area contributed by atoms with Crippen LogP contribution >= 0.6 is 15.9 Å². The van der Waals surface area contributed by atoms with E-state index in [4.69, 9.17) is 10.5 Å². The Morgan fingerprint density at radius 2 is 2.19 bits per heavy atom. The first-order valence-electron chi connectivity index (χ1n) is 6.75. The van der Waals surface area contributed by atoms with E-state index in [1.165, 1.54) is 0 Å². The van der Waals surface area contributed by atoms with Gasteiger partial charge in [-0.1, -0.05) is 22.0 Å². The highest BCUT2D eigenvalue weighted by Crippen LogP contribution is 2.20. The molecule has 21 heavy (non-hydrogen) atoms. The van der Waals surface area contributed by atoms with Crippen LogP contribution in [-0.2, 0) is 9.53 Å². The SMILES string of the molecule is Cc1ccc(Br)cc1NC(=O)CN=C(N)N1CCOCC1. The van der Waals surface area contributed by atoms with Gasteiger partial charge in [-0.25, -0.2) is 4.99 Å². The summed E-state index contributed by atoms with van der Waals surface area (Å²) in [5, 5.41) is 2.83. The lowest BCUT2D eigenvalue weighted by molar-refractivity contribution is -0.114. The average Bonchev–Trinajstić information content (AvgIpc) is 2.49. The van der Waals surface area contributed by atoms with Crippen molar-refractivity contribution in [2.75, 3.05) is 38.2 Å². The molecule has 0 atom stereocenters. The lowest BCUT2D eigenvalue weighted by Crippen LogP contribution is -2.45. The maximum absolute atomic E-state index is 11.9. The van der Waals surface area contributed by atoms with Crippen LogP contribution < -0.4 is 11.1 Å². The number of anilines is 1. The number of aryl methyl sites for hydroxylation is 1. The lowest BCUT2D eigenvalue weighted by Gasteiger charge is -2.27. The number of rotatable bonds is 3. The molecule has 1 amide bonds. The van der Waals surface area contributed by atoms with E-state index < -0.39 is 0 Å². The number of guanidine groups is 1. The molecule has 1 aromatic carbocycles. The van der Waals surface area contributed by atoms with Crippen LogP contribution in [0.15, 0.2) is 27.7 Å². The standard InChI is InChI=1S/C14H19BrN4O2/c1-10-2-3-11(15)8-12(10)18-13(20)9-17-14(16)19-4-6-21-7-5-19/h2-3,8H,4-7,9H2,1H3,(H2,16,17)(H,18,20). The number of carbonyl (C=O) groups is 1. The van der Waals surface area contributed by atoms with Crippen molar-refractivity contribution >= 4 is 33.5 Å². The summed E-state index contributed by atoms with van der Waals surface area (Å²) in [5.74, 6) is 0.201. The molecule has 0 radical (unpaired) electrons. The van der Waals surface area contributed by atoms with Gasteiger partial charge in [-0.15, -0.1) is 0 Å². The fourth-order valence-electron chi connectivity index (χ4n) is 1.96. The normalized spacial score (nSPS) is 15.9. The molecule has 3 N–H and O–H groups in total. The lowest BCUT2D eigenvalue weighted by atomic mass is 10.2. The van der Waals surface area contributed by atoms with Crippen LogP contribution in [0.5, 0.6) is 0 Å². The molecule has 7 heteroatoms. The first-order valence-corrected chi connectivity index (χ1v) is 7.54. The Labute approximate surface area is 132 Å². The Hall–Kier alpha value is -1.60. The topological polar surface area (TPSA) is 80.0 Å². The van der Waals surface area contributed by atoms with E-state index in [0.29, 0.717) is 32.3 Å². The molecule has 0 saturated carbocycles. The molecule has 1 aliphatic rings. The third kappa shape index (κ3) is 4.71. The van der Waals surface area contributed by atoms with E-state index in [9.17, 15) is 4.79 Å². The Balaban J connectivity index is 1.90. The fourth-order valence-corrected chi connectivity index (χ4v) is 2.32. The zero-order chi connectivity index (χ0) is 15.2. The van der Waals surface area contributed by atoms with Gasteiger partial charge in [-0.2, -0.15) is 0 Å². The van der Waals surface area contributed by atoms with E-state index in [1.54, 1.807) is 0 Å². The van der Waals surface area contributed by atoms with Crippen LogP contribution in [0.1, 0.15) is 5.56 Å². The highest BCUT2D eigenvalue weighted by Gasteiger charge is 2.12. The van der Waals surface area contributed by atoms with Crippen LogP contribution in [-0.4, -0.2) is 49.6 Å². The van der Waals surface area contributed by atoms with Gasteiger partial charge >= 0.3 is 0 Å². The third-order valence-corrected chi connectivity index (χ3v) is 3.69. The van der Waals surface area contributed by atoms with Crippen LogP contribution in [0.3, 0.4) is 0 Å². The average molecular weight is 355 g/mol. The number of morpholine rings is 1. The van der Waals surface area contributed by atoms with Gasteiger partial charge in [0.05, 0.1) is 13.2 Å². The number of nitrogens with one attached hydrogen (secondary N) is 1. The zero-order valence-corrected chi connectivity index (χ0v) is 13.5. The van der Waals surface area contributed by atoms with Gasteiger partial charge in [0.2, 0.25) is 5.91 Å². The molecule has 0 spiro atoms. The van der Waals surface area contributed by atoms with E-state index in [2.05, 4.69) is 26.2 Å². The van der Waals surface area contributed by atoms with E-state index in [1.807, 2.05) is 30.0 Å². The number of nitrogens with zero attached hydrogens (tertiary/aromatic N) is 2. The van der Waals surface area contributed by atoms with E-state index >= 15 is 0 Å². The number of carbonyl (C=O) groups excluding carboxylic acids is 1. The van der Waals surface area contributed by atoms with Gasteiger partial charge in [0.15, 0.2) is 5.96 Å². The second-order valence-electron chi connectivity index (χ2n) is 4.78. The number of aliphatic imine (C=N–C) groups is 1. The summed E-state index contributed by atoms with van der Waals surface area (Å²) < 4.78 is 6.16. The number of hydrogen-bond acceptors (Lipinski definition) is 3. The molecule has 1 aromatic rings. The van der Waals surface area contributed by atoms with Gasteiger partial charge in [0.1, 0.15) is 6.54 Å². The van der Waals surface area contributed by atoms with Crippen molar-refractivity contribution < 1.29 is 9.53 Å². The van der Waals surface area contributed by atoms with Gasteiger partial charge in [0.25, 0.3) is 0 Å². The predicted octanol–water partition coefficient (Wildman–Crippen LogP) is 1.34. The Morgan fingerprint density at radius 1 is 1.48 bits per heavy atom. The molecule has 1 fully saturated rings. The number of nitrogens with two attached hydrogens (primary N) is 1. The van der Waals surface area contributed by atoms with Gasteiger partial charge in [0, 0.05) is 23.2 Å². The van der Waals surface area contributed by atoms with Crippen molar-refractivity contribution in [3.05, 3.63) is 28.2 Å². The summed E-state index contributed by atoms with van der Waals surface area (Å²) in [4.78, 5) is 18.0. The summed E-state index contributed by atoms with van der Waals surface area (Å²) in [7, 11) is 0. The van der Waals surface area contributed by atoms with Gasteiger partial charge in [-0.3, -0.25) is 4.79 Å². The summed E-state index contributed by atoms with van der Waals surface area (Å²) in [5.41, 5.74) is 7.65. The molecular formula is C14H19BrN4O2. The van der Waals surface area contributed by atoms with Crippen molar-refractivity contribution in [3.8, 4) is 0 Å². The van der Waals surface area contributed by atoms with Crippen LogP contribution in [0, 0.1) is 6.92 Å². The van der Waals surface area contributed by atoms with Crippen molar-refractivity contribution in [1.82, 2.24) is 4.90 Å². The monoisotopic (exact) mass is 354 g/mol. The van der Waals surface area contributed by atoms with Crippen LogP contribution in [0.4, 0.5) is 5.69 Å². The molecule has 2 rings (SSSR count). The predicted molar refractivity (Wildman–Crippen MR) is 86.4 cm³/mol. The van der Waals surface area contributed by atoms with E-state index in [-0.39, 0.29) is 12.5 Å². The minimum Gasteiger partial charge on any atom is -0.378 e. The number of benzene rings is 1. The van der Waals surface area contributed by atoms with Gasteiger partial charge in [-0.05, 0) is 24.6 Å². The molecule has 1 aliphatic heterocycles. The summed E-state index contributed by atoms with van der Waals surface area (Å²) >= 11 is 3.38. The second-order valence-corrected chi connectivity index (χ2v) is 5.70. The van der Waals surface area contributed by atoms with Gasteiger partial charge < -0.3 is 20.7 Å². The molecule has 0 bridgehead atoms. The number of amides is 1. The maximum Gasteiger partial charge on any atom is 0.246 e. The number of ether oxygens (including phenoxy) is 1. The molecule has 0 aromatic heterocycles. The zero-order valence-electron chi connectivity index (χ0n) is 11.9. The molecule has 0 aliphatic carbocycles. The first kappa shape index (κ1) is 15.8. The smallest absolute Gasteiger partial charge is 0.246 e. The minimum absolute atomic E-state index is 0.00907. The minimum atomic E-state index is -0.188. The maximum atomic E-state index is 11.9. The second kappa shape index (κ2) is 7.42. The summed E-state index contributed by atoms with van der Waals surface area (Å²) in [6, 6.07) is 5.73. The van der Waals surface area contributed by atoms with Crippen molar-refractivity contribution in [2.24, 2.45) is 10.7 Å². The van der Waals surface area contributed by atoms with Crippen LogP contribution in [0.25, 0.3) is 0 Å². The Bertz CT molecular complexity index is 542. The van der Waals surface area contributed by atoms with Crippen molar-refractivity contribution in [1.29, 1.82) is 0 Å². The van der Waals surface area contributed by atoms with E-state index in [0.717, 1.165) is 15.7 Å². The molecule has 1 saturated heterocycles. The van der Waals surface area contributed by atoms with Crippen molar-refractivity contribution in [2.45, 2.75) is 6.92 Å². The summed E-state index contributed by atoms with van der Waals surface area (Å²) in [6.45, 7) is 4.64. The highest BCUT2D eigenvalue weighted by molar-refractivity contribution is 9.10. The number of halogens is 1.